The van der Waals surface area contributed by atoms with Crippen LogP contribution in [0.25, 0.3) is 11.0 Å². The summed E-state index contributed by atoms with van der Waals surface area (Å²) in [7, 11) is 0. The van der Waals surface area contributed by atoms with Crippen molar-refractivity contribution in [2.45, 2.75) is 32.7 Å². The van der Waals surface area contributed by atoms with Gasteiger partial charge in [0.2, 0.25) is 0 Å². The van der Waals surface area contributed by atoms with Crippen LogP contribution in [0.5, 0.6) is 5.75 Å². The molecule has 1 fully saturated rings. The molecular formula is C26H22O4. The molecule has 3 aromatic carbocycles. The number of ether oxygens (including phenoxy) is 2. The van der Waals surface area contributed by atoms with Crippen LogP contribution in [0.2, 0.25) is 0 Å². The second-order valence-corrected chi connectivity index (χ2v) is 7.74. The molecule has 30 heavy (non-hydrogen) atoms. The van der Waals surface area contributed by atoms with Gasteiger partial charge in [-0.2, -0.15) is 0 Å². The lowest BCUT2D eigenvalue weighted by Gasteiger charge is -2.13. The van der Waals surface area contributed by atoms with Gasteiger partial charge in [0.1, 0.15) is 29.8 Å². The van der Waals surface area contributed by atoms with Gasteiger partial charge in [-0.1, -0.05) is 48.5 Å². The fraction of sp³-hybridized carbons (Fsp3) is 0.192. The number of carbonyl (C=O) groups is 1. The molecule has 2 heterocycles. The van der Waals surface area contributed by atoms with E-state index in [-0.39, 0.29) is 11.9 Å². The summed E-state index contributed by atoms with van der Waals surface area (Å²) in [6, 6.07) is 23.5. The Morgan fingerprint density at radius 1 is 0.933 bits per heavy atom. The van der Waals surface area contributed by atoms with Gasteiger partial charge in [0.15, 0.2) is 11.9 Å². The third-order valence-electron chi connectivity index (χ3n) is 5.57. The number of carbonyl (C=O) groups excluding carboxylic acids is 1. The van der Waals surface area contributed by atoms with E-state index in [1.165, 1.54) is 0 Å². The summed E-state index contributed by atoms with van der Waals surface area (Å²) in [6.07, 6.45) is -0.903. The molecule has 4 aromatic rings. The van der Waals surface area contributed by atoms with Crippen LogP contribution in [0.1, 0.15) is 38.9 Å². The van der Waals surface area contributed by atoms with Gasteiger partial charge in [-0.05, 0) is 54.8 Å². The first-order valence-corrected chi connectivity index (χ1v) is 10.1. The summed E-state index contributed by atoms with van der Waals surface area (Å²) < 4.78 is 17.7. The van der Waals surface area contributed by atoms with E-state index in [2.05, 4.69) is 0 Å². The predicted octanol–water partition coefficient (Wildman–Crippen LogP) is 5.95. The number of hydrogen-bond donors (Lipinski definition) is 0. The van der Waals surface area contributed by atoms with Crippen LogP contribution in [-0.2, 0) is 11.3 Å². The Hall–Kier alpha value is -3.37. The quantitative estimate of drug-likeness (QED) is 0.297. The van der Waals surface area contributed by atoms with Crippen molar-refractivity contribution in [1.82, 2.24) is 0 Å². The summed E-state index contributed by atoms with van der Waals surface area (Å²) in [5.74, 6) is 1.20. The summed E-state index contributed by atoms with van der Waals surface area (Å²) in [5, 5.41) is 1.01. The Morgan fingerprint density at radius 2 is 1.67 bits per heavy atom. The highest BCUT2D eigenvalue weighted by Gasteiger charge is 2.49. The number of fused-ring (bicyclic) bond motifs is 1. The SMILES string of the molecule is Cc1cc(OCc2ccccc2)c(C(=O)[C@@H]2O[C@H]2c2cc3ccccc3o2)cc1C. The van der Waals surface area contributed by atoms with E-state index in [0.717, 1.165) is 27.7 Å². The molecule has 5 rings (SSSR count). The van der Waals surface area contributed by atoms with Gasteiger partial charge < -0.3 is 13.9 Å². The third-order valence-corrected chi connectivity index (χ3v) is 5.57. The van der Waals surface area contributed by atoms with Crippen LogP contribution in [0.3, 0.4) is 0 Å². The van der Waals surface area contributed by atoms with Crippen LogP contribution < -0.4 is 4.74 Å². The van der Waals surface area contributed by atoms with Crippen LogP contribution in [0, 0.1) is 13.8 Å². The van der Waals surface area contributed by atoms with Gasteiger partial charge in [0.05, 0.1) is 5.56 Å². The van der Waals surface area contributed by atoms with Gasteiger partial charge >= 0.3 is 0 Å². The molecule has 1 aliphatic heterocycles. The molecule has 1 aromatic heterocycles. The summed E-state index contributed by atoms with van der Waals surface area (Å²) in [4.78, 5) is 13.3. The van der Waals surface area contributed by atoms with Crippen LogP contribution in [0.4, 0.5) is 0 Å². The average molecular weight is 398 g/mol. The second kappa shape index (κ2) is 7.47. The molecular weight excluding hydrogens is 376 g/mol. The van der Waals surface area contributed by atoms with E-state index < -0.39 is 6.10 Å². The highest BCUT2D eigenvalue weighted by molar-refractivity contribution is 6.04. The summed E-state index contributed by atoms with van der Waals surface area (Å²) >= 11 is 0. The largest absolute Gasteiger partial charge is 0.488 e. The van der Waals surface area contributed by atoms with Gasteiger partial charge in [-0.3, -0.25) is 4.79 Å². The maximum Gasteiger partial charge on any atom is 0.198 e. The van der Waals surface area contributed by atoms with Crippen molar-refractivity contribution in [2.24, 2.45) is 0 Å². The fourth-order valence-electron chi connectivity index (χ4n) is 3.66. The zero-order valence-corrected chi connectivity index (χ0v) is 16.9. The van der Waals surface area contributed by atoms with Crippen molar-refractivity contribution in [2.75, 3.05) is 0 Å². The highest BCUT2D eigenvalue weighted by Crippen LogP contribution is 2.44. The molecule has 0 radical (unpaired) electrons. The first-order valence-electron chi connectivity index (χ1n) is 10.1. The van der Waals surface area contributed by atoms with Crippen molar-refractivity contribution in [1.29, 1.82) is 0 Å². The minimum atomic E-state index is -0.549. The summed E-state index contributed by atoms with van der Waals surface area (Å²) in [5.41, 5.74) is 4.54. The number of para-hydroxylation sites is 1. The number of ketones is 1. The molecule has 4 nitrogen and oxygen atoms in total. The smallest absolute Gasteiger partial charge is 0.198 e. The van der Waals surface area contributed by atoms with Crippen LogP contribution in [0.15, 0.2) is 77.2 Å². The van der Waals surface area contributed by atoms with E-state index in [1.54, 1.807) is 0 Å². The standard InChI is InChI=1S/C26H22O4/c1-16-12-20(22(13-17(16)2)28-15-18-8-4-3-5-9-18)24(27)26-25(30-26)23-14-19-10-6-7-11-21(19)29-23/h3-14,25-26H,15H2,1-2H3/t25-,26-/m0/s1. The molecule has 1 aliphatic rings. The molecule has 1 saturated heterocycles. The number of furan rings is 1. The Bertz CT molecular complexity index is 1190. The van der Waals surface area contributed by atoms with E-state index in [1.807, 2.05) is 86.6 Å². The summed E-state index contributed by atoms with van der Waals surface area (Å²) in [6.45, 7) is 4.42. The van der Waals surface area contributed by atoms with Gasteiger partial charge in [-0.25, -0.2) is 0 Å². The van der Waals surface area contributed by atoms with Crippen molar-refractivity contribution >= 4 is 16.8 Å². The minimum Gasteiger partial charge on any atom is -0.488 e. The molecule has 2 atom stereocenters. The Kier molecular flexibility index (Phi) is 4.64. The van der Waals surface area contributed by atoms with Gasteiger partial charge in [0, 0.05) is 5.39 Å². The lowest BCUT2D eigenvalue weighted by atomic mass is 9.99. The lowest BCUT2D eigenvalue weighted by Crippen LogP contribution is -2.11. The average Bonchev–Trinajstić information content (AvgIpc) is 3.45. The molecule has 0 bridgehead atoms. The molecule has 0 aliphatic carbocycles. The molecule has 0 amide bonds. The second-order valence-electron chi connectivity index (χ2n) is 7.74. The Labute approximate surface area is 175 Å². The molecule has 0 saturated carbocycles. The number of benzene rings is 3. The third kappa shape index (κ3) is 3.51. The number of aryl methyl sites for hydroxylation is 2. The minimum absolute atomic E-state index is 0.0772. The Balaban J connectivity index is 1.39. The van der Waals surface area contributed by atoms with E-state index in [9.17, 15) is 4.79 Å². The van der Waals surface area contributed by atoms with E-state index in [0.29, 0.717) is 23.7 Å². The van der Waals surface area contributed by atoms with Crippen molar-refractivity contribution < 1.29 is 18.7 Å². The van der Waals surface area contributed by atoms with Crippen molar-refractivity contribution in [3.05, 3.63) is 101 Å². The zero-order valence-electron chi connectivity index (χ0n) is 16.9. The topological polar surface area (TPSA) is 52.0 Å². The maximum absolute atomic E-state index is 13.3. The number of epoxide rings is 1. The number of Topliss-reactive ketones (excluding diaryl/α,β-unsaturated/α-hetero) is 1. The first-order chi connectivity index (χ1) is 14.6. The molecule has 0 N–H and O–H groups in total. The number of rotatable bonds is 6. The molecule has 0 unspecified atom stereocenters. The van der Waals surface area contributed by atoms with Gasteiger partial charge in [-0.15, -0.1) is 0 Å². The van der Waals surface area contributed by atoms with Crippen LogP contribution >= 0.6 is 0 Å². The number of hydrogen-bond acceptors (Lipinski definition) is 4. The normalized spacial score (nSPS) is 17.8. The highest BCUT2D eigenvalue weighted by atomic mass is 16.6. The fourth-order valence-corrected chi connectivity index (χ4v) is 3.66. The first kappa shape index (κ1) is 18.6. The molecule has 4 heteroatoms. The monoisotopic (exact) mass is 398 g/mol. The molecule has 0 spiro atoms. The van der Waals surface area contributed by atoms with Gasteiger partial charge in [0.25, 0.3) is 0 Å². The van der Waals surface area contributed by atoms with E-state index in [4.69, 9.17) is 13.9 Å². The predicted molar refractivity (Wildman–Crippen MR) is 115 cm³/mol. The van der Waals surface area contributed by atoms with Crippen molar-refractivity contribution in [3.63, 3.8) is 0 Å². The zero-order chi connectivity index (χ0) is 20.7. The maximum atomic E-state index is 13.3. The molecule has 150 valence electrons. The van der Waals surface area contributed by atoms with Crippen LogP contribution in [-0.4, -0.2) is 11.9 Å². The van der Waals surface area contributed by atoms with Crippen molar-refractivity contribution in [3.8, 4) is 5.75 Å². The van der Waals surface area contributed by atoms with E-state index >= 15 is 0 Å². The Morgan fingerprint density at radius 3 is 2.47 bits per heavy atom. The lowest BCUT2D eigenvalue weighted by molar-refractivity contribution is 0.0949.